The first-order chi connectivity index (χ1) is 16.7. The van der Waals surface area contributed by atoms with Crippen molar-refractivity contribution in [3.8, 4) is 11.8 Å². The Kier molecular flexibility index (Phi) is 6.77. The lowest BCUT2D eigenvalue weighted by Crippen LogP contribution is -2.29. The first kappa shape index (κ1) is 24.2. The Morgan fingerprint density at radius 1 is 1.06 bits per heavy atom. The molecule has 1 saturated heterocycles. The van der Waals surface area contributed by atoms with Crippen LogP contribution >= 0.6 is 15.9 Å². The van der Waals surface area contributed by atoms with Crippen molar-refractivity contribution in [1.29, 1.82) is 5.26 Å². The predicted molar refractivity (Wildman–Crippen MR) is 137 cm³/mol. The van der Waals surface area contributed by atoms with E-state index in [0.717, 1.165) is 10.0 Å². The third-order valence-electron chi connectivity index (χ3n) is 5.72. The van der Waals surface area contributed by atoms with Crippen molar-refractivity contribution in [3.63, 3.8) is 0 Å². The van der Waals surface area contributed by atoms with E-state index in [1.165, 1.54) is 4.90 Å². The molecule has 1 unspecified atom stereocenters. The molecule has 176 valence electrons. The van der Waals surface area contributed by atoms with Crippen molar-refractivity contribution in [2.45, 2.75) is 32.9 Å². The molecule has 1 N–H and O–H groups in total. The van der Waals surface area contributed by atoms with E-state index in [1.54, 1.807) is 66.7 Å². The topological polar surface area (TPSA) is 90.6 Å². The molecule has 1 atom stereocenters. The van der Waals surface area contributed by atoms with Crippen molar-refractivity contribution in [3.05, 3.63) is 99.0 Å². The number of carbonyl (C=O) groups excluding carboxylic acids is 2. The van der Waals surface area contributed by atoms with Gasteiger partial charge in [-0.15, -0.1) is 0 Å². The summed E-state index contributed by atoms with van der Waals surface area (Å²) in [7, 11) is 0. The minimum atomic E-state index is -0.861. The second kappa shape index (κ2) is 9.77. The highest BCUT2D eigenvalue weighted by atomic mass is 79.9. The van der Waals surface area contributed by atoms with Gasteiger partial charge in [0, 0.05) is 15.7 Å². The molecule has 0 bridgehead atoms. The Balaban J connectivity index is 1.89. The molecule has 1 heterocycles. The molecule has 0 aliphatic carbocycles. The number of halogens is 1. The monoisotopic (exact) mass is 530 g/mol. The lowest BCUT2D eigenvalue weighted by molar-refractivity contribution is -0.132. The number of ketones is 1. The van der Waals surface area contributed by atoms with Crippen LogP contribution in [0.4, 0.5) is 5.69 Å². The fourth-order valence-corrected chi connectivity index (χ4v) is 4.31. The number of nitrogens with zero attached hydrogens (tertiary/aromatic N) is 2. The average molecular weight is 531 g/mol. The summed E-state index contributed by atoms with van der Waals surface area (Å²) in [5, 5.41) is 20.4. The molecule has 1 amide bonds. The zero-order chi connectivity index (χ0) is 25.3. The van der Waals surface area contributed by atoms with Gasteiger partial charge in [-0.1, -0.05) is 34.1 Å². The number of benzene rings is 3. The summed E-state index contributed by atoms with van der Waals surface area (Å²) in [6.45, 7) is 5.73. The highest BCUT2D eigenvalue weighted by molar-refractivity contribution is 9.10. The lowest BCUT2D eigenvalue weighted by Gasteiger charge is -2.25. The summed E-state index contributed by atoms with van der Waals surface area (Å²) in [5.41, 5.74) is 2.83. The maximum atomic E-state index is 13.3. The fourth-order valence-electron chi connectivity index (χ4n) is 4.06. The second-order valence-electron chi connectivity index (χ2n) is 8.53. The number of ether oxygens (including phenoxy) is 1. The van der Waals surface area contributed by atoms with Crippen LogP contribution in [0.3, 0.4) is 0 Å². The normalized spacial score (nSPS) is 17.0. The molecule has 1 aliphatic heterocycles. The van der Waals surface area contributed by atoms with Crippen LogP contribution in [0, 0.1) is 18.3 Å². The smallest absolute Gasteiger partial charge is 0.300 e. The van der Waals surface area contributed by atoms with E-state index in [4.69, 9.17) is 10.00 Å². The number of hydrogen-bond acceptors (Lipinski definition) is 5. The molecule has 35 heavy (non-hydrogen) atoms. The molecule has 6 nitrogen and oxygen atoms in total. The minimum Gasteiger partial charge on any atom is -0.507 e. The number of anilines is 1. The van der Waals surface area contributed by atoms with E-state index in [2.05, 4.69) is 22.0 Å². The van der Waals surface area contributed by atoms with Gasteiger partial charge in [-0.3, -0.25) is 14.5 Å². The number of Topliss-reactive ketones (excluding diaryl/α,β-unsaturated/α-hetero) is 1. The Labute approximate surface area is 212 Å². The quantitative estimate of drug-likeness (QED) is 0.246. The molecule has 7 heteroatoms. The number of carbonyl (C=O) groups is 2. The van der Waals surface area contributed by atoms with Crippen molar-refractivity contribution < 1.29 is 19.4 Å². The van der Waals surface area contributed by atoms with Crippen LogP contribution in [0.15, 0.2) is 76.8 Å². The van der Waals surface area contributed by atoms with E-state index in [1.807, 2.05) is 20.8 Å². The summed E-state index contributed by atoms with van der Waals surface area (Å²) in [6, 6.07) is 20.0. The Morgan fingerprint density at radius 3 is 2.29 bits per heavy atom. The highest BCUT2D eigenvalue weighted by Crippen LogP contribution is 2.42. The van der Waals surface area contributed by atoms with Gasteiger partial charge in [-0.25, -0.2) is 0 Å². The highest BCUT2D eigenvalue weighted by Gasteiger charge is 2.47. The summed E-state index contributed by atoms with van der Waals surface area (Å²) in [4.78, 5) is 27.9. The third-order valence-corrected chi connectivity index (χ3v) is 6.61. The average Bonchev–Trinajstić information content (AvgIpc) is 3.11. The largest absolute Gasteiger partial charge is 0.507 e. The minimum absolute atomic E-state index is 0.00129. The Hall–Kier alpha value is -3.89. The Bertz CT molecular complexity index is 1370. The molecule has 0 aromatic heterocycles. The molecule has 1 aliphatic rings. The van der Waals surface area contributed by atoms with Crippen LogP contribution in [0.1, 0.15) is 42.1 Å². The number of nitriles is 1. The molecule has 0 saturated carbocycles. The maximum Gasteiger partial charge on any atom is 0.300 e. The van der Waals surface area contributed by atoms with Crippen LogP contribution in [0.5, 0.6) is 5.75 Å². The zero-order valence-corrected chi connectivity index (χ0v) is 21.0. The van der Waals surface area contributed by atoms with Crippen LogP contribution in [-0.2, 0) is 9.59 Å². The lowest BCUT2D eigenvalue weighted by atomic mass is 9.94. The summed E-state index contributed by atoms with van der Waals surface area (Å²) in [6.07, 6.45) is -0.00854. The molecule has 4 rings (SSSR count). The second-order valence-corrected chi connectivity index (χ2v) is 9.38. The van der Waals surface area contributed by atoms with Gasteiger partial charge >= 0.3 is 0 Å². The van der Waals surface area contributed by atoms with Gasteiger partial charge in [-0.05, 0) is 80.4 Å². The number of aliphatic hydroxyl groups excluding tert-OH is 1. The fraction of sp³-hybridized carbons (Fsp3) is 0.179. The zero-order valence-electron chi connectivity index (χ0n) is 19.4. The van der Waals surface area contributed by atoms with Crippen LogP contribution < -0.4 is 9.64 Å². The third kappa shape index (κ3) is 4.71. The first-order valence-corrected chi connectivity index (χ1v) is 11.8. The Morgan fingerprint density at radius 2 is 1.71 bits per heavy atom. The first-order valence-electron chi connectivity index (χ1n) is 11.1. The number of aryl methyl sites for hydroxylation is 1. The van der Waals surface area contributed by atoms with E-state index in [-0.39, 0.29) is 17.4 Å². The van der Waals surface area contributed by atoms with Gasteiger partial charge in [0.05, 0.1) is 29.4 Å². The van der Waals surface area contributed by atoms with Crippen molar-refractivity contribution in [2.75, 3.05) is 4.90 Å². The molecular weight excluding hydrogens is 508 g/mol. The van der Waals surface area contributed by atoms with Crippen LogP contribution in [0.2, 0.25) is 0 Å². The van der Waals surface area contributed by atoms with Gasteiger partial charge in [0.25, 0.3) is 11.7 Å². The van der Waals surface area contributed by atoms with Crippen molar-refractivity contribution in [2.24, 2.45) is 0 Å². The van der Waals surface area contributed by atoms with Crippen molar-refractivity contribution in [1.82, 2.24) is 0 Å². The number of amides is 1. The molecular formula is C28H23BrN2O4. The SMILES string of the molecule is Cc1cc(/C(O)=C2/C(=O)C(=O)N(c3ccc(C#N)cc3)C2c2ccc(OC(C)C)cc2)ccc1Br. The van der Waals surface area contributed by atoms with E-state index in [0.29, 0.717) is 28.1 Å². The molecule has 1 fully saturated rings. The van der Waals surface area contributed by atoms with Crippen LogP contribution in [-0.4, -0.2) is 22.9 Å². The standard InChI is InChI=1S/C28H23BrN2O4/c1-16(2)35-22-11-6-19(7-12-22)25-24(26(32)20-8-13-23(29)17(3)14-20)27(33)28(34)31(25)21-9-4-18(15-30)5-10-21/h4-14,16,25,32H,1-3H3/b26-24-. The maximum absolute atomic E-state index is 13.3. The van der Waals surface area contributed by atoms with Gasteiger partial charge in [0.15, 0.2) is 0 Å². The molecule has 3 aromatic carbocycles. The van der Waals surface area contributed by atoms with E-state index < -0.39 is 17.7 Å². The van der Waals surface area contributed by atoms with Crippen molar-refractivity contribution >= 4 is 39.1 Å². The summed E-state index contributed by atoms with van der Waals surface area (Å²) in [5.74, 6) is -1.12. The number of hydrogen-bond donors (Lipinski definition) is 1. The summed E-state index contributed by atoms with van der Waals surface area (Å²) >= 11 is 3.45. The predicted octanol–water partition coefficient (Wildman–Crippen LogP) is 6.04. The molecule has 3 aromatic rings. The van der Waals surface area contributed by atoms with Gasteiger partial charge in [-0.2, -0.15) is 5.26 Å². The van der Waals surface area contributed by atoms with Gasteiger partial charge in [0.2, 0.25) is 0 Å². The van der Waals surface area contributed by atoms with Gasteiger partial charge in [0.1, 0.15) is 11.5 Å². The summed E-state index contributed by atoms with van der Waals surface area (Å²) < 4.78 is 6.60. The number of aliphatic hydroxyl groups is 1. The van der Waals surface area contributed by atoms with Gasteiger partial charge < -0.3 is 9.84 Å². The molecule has 0 spiro atoms. The van der Waals surface area contributed by atoms with Crippen LogP contribution in [0.25, 0.3) is 5.76 Å². The van der Waals surface area contributed by atoms with E-state index >= 15 is 0 Å². The molecule has 0 radical (unpaired) electrons. The number of rotatable bonds is 5. The van der Waals surface area contributed by atoms with E-state index in [9.17, 15) is 14.7 Å².